The lowest BCUT2D eigenvalue weighted by Gasteiger charge is -2.13. The van der Waals surface area contributed by atoms with Crippen molar-refractivity contribution in [2.75, 3.05) is 0 Å². The second kappa shape index (κ2) is 5.12. The number of hydrogen-bond donors (Lipinski definition) is 1. The number of primary sulfonamides is 1. The van der Waals surface area contributed by atoms with Gasteiger partial charge in [0.1, 0.15) is 0 Å². The third kappa shape index (κ3) is 2.54. The highest BCUT2D eigenvalue weighted by molar-refractivity contribution is 7.89. The summed E-state index contributed by atoms with van der Waals surface area (Å²) in [5.74, 6) is -0.631. The number of halogens is 2. The van der Waals surface area contributed by atoms with Crippen LogP contribution in [-0.2, 0) is 10.0 Å². The molecule has 0 amide bonds. The summed E-state index contributed by atoms with van der Waals surface area (Å²) in [6.45, 7) is 3.42. The number of nitrogens with two attached hydrogens (primary N) is 1. The van der Waals surface area contributed by atoms with Gasteiger partial charge in [-0.2, -0.15) is 0 Å². The molecule has 0 radical (unpaired) electrons. The topological polar surface area (TPSA) is 90.9 Å². The lowest BCUT2D eigenvalue weighted by atomic mass is 10.2. The van der Waals surface area contributed by atoms with Gasteiger partial charge in [0.2, 0.25) is 0 Å². The smallest absolute Gasteiger partial charge is 0.273 e. The van der Waals surface area contributed by atoms with E-state index in [9.17, 15) is 12.8 Å². The van der Waals surface area contributed by atoms with Gasteiger partial charge >= 0.3 is 0 Å². The van der Waals surface area contributed by atoms with E-state index in [1.807, 2.05) is 0 Å². The van der Waals surface area contributed by atoms with Crippen LogP contribution in [0.4, 0.5) is 4.39 Å². The molecule has 20 heavy (non-hydrogen) atoms. The lowest BCUT2D eigenvalue weighted by Crippen LogP contribution is -2.20. The SMILES string of the molecule is CC(C)n1c(-c2cccc(Cl)c2F)nnc1S(N)(=O)=O. The molecule has 0 unspecified atom stereocenters. The van der Waals surface area contributed by atoms with Gasteiger partial charge in [-0.25, -0.2) is 17.9 Å². The van der Waals surface area contributed by atoms with Gasteiger partial charge in [-0.3, -0.25) is 4.57 Å². The van der Waals surface area contributed by atoms with Gasteiger partial charge in [0.15, 0.2) is 11.6 Å². The minimum Gasteiger partial charge on any atom is -0.294 e. The van der Waals surface area contributed by atoms with E-state index in [0.717, 1.165) is 0 Å². The van der Waals surface area contributed by atoms with Crippen molar-refractivity contribution < 1.29 is 12.8 Å². The Balaban J connectivity index is 2.76. The molecule has 2 aromatic rings. The normalized spacial score (nSPS) is 12.1. The first-order valence-corrected chi connectivity index (χ1v) is 7.58. The van der Waals surface area contributed by atoms with E-state index in [-0.39, 0.29) is 22.5 Å². The molecule has 0 bridgehead atoms. The summed E-state index contributed by atoms with van der Waals surface area (Å²) in [4.78, 5) is 0. The highest BCUT2D eigenvalue weighted by Crippen LogP contribution is 2.29. The van der Waals surface area contributed by atoms with Crippen molar-refractivity contribution in [1.82, 2.24) is 14.8 Å². The Hall–Kier alpha value is -1.51. The molecule has 6 nitrogen and oxygen atoms in total. The second-order valence-electron chi connectivity index (χ2n) is 4.42. The Morgan fingerprint density at radius 3 is 2.55 bits per heavy atom. The Kier molecular flexibility index (Phi) is 3.81. The van der Waals surface area contributed by atoms with Gasteiger partial charge in [0, 0.05) is 6.04 Å². The van der Waals surface area contributed by atoms with Crippen molar-refractivity contribution in [2.24, 2.45) is 5.14 Å². The van der Waals surface area contributed by atoms with Crippen LogP contribution in [0.3, 0.4) is 0 Å². The number of aromatic nitrogens is 3. The molecule has 0 fully saturated rings. The number of sulfonamides is 1. The van der Waals surface area contributed by atoms with Crippen molar-refractivity contribution in [2.45, 2.75) is 25.0 Å². The molecule has 9 heteroatoms. The molecule has 0 spiro atoms. The first kappa shape index (κ1) is 14.9. The van der Waals surface area contributed by atoms with Crippen molar-refractivity contribution in [3.05, 3.63) is 29.0 Å². The summed E-state index contributed by atoms with van der Waals surface area (Å²) >= 11 is 5.72. The number of benzene rings is 1. The van der Waals surface area contributed by atoms with Crippen LogP contribution in [-0.4, -0.2) is 23.2 Å². The quantitative estimate of drug-likeness (QED) is 0.936. The van der Waals surface area contributed by atoms with Crippen LogP contribution in [0.5, 0.6) is 0 Å². The van der Waals surface area contributed by atoms with Crippen LogP contribution >= 0.6 is 11.6 Å². The third-order valence-electron chi connectivity index (χ3n) is 2.63. The van der Waals surface area contributed by atoms with E-state index in [2.05, 4.69) is 10.2 Å². The molecule has 0 aliphatic rings. The highest BCUT2D eigenvalue weighted by Gasteiger charge is 2.25. The Labute approximate surface area is 120 Å². The maximum absolute atomic E-state index is 14.0. The fourth-order valence-electron chi connectivity index (χ4n) is 1.80. The maximum atomic E-state index is 14.0. The number of rotatable bonds is 3. The van der Waals surface area contributed by atoms with Crippen molar-refractivity contribution in [1.29, 1.82) is 0 Å². The first-order valence-electron chi connectivity index (χ1n) is 5.65. The zero-order chi connectivity index (χ0) is 15.1. The fraction of sp³-hybridized carbons (Fsp3) is 0.273. The van der Waals surface area contributed by atoms with E-state index >= 15 is 0 Å². The molecule has 0 atom stereocenters. The zero-order valence-electron chi connectivity index (χ0n) is 10.7. The Morgan fingerprint density at radius 1 is 1.35 bits per heavy atom. The van der Waals surface area contributed by atoms with Gasteiger partial charge in [0.05, 0.1) is 10.6 Å². The molecule has 2 N–H and O–H groups in total. The first-order chi connectivity index (χ1) is 9.23. The fourth-order valence-corrected chi connectivity index (χ4v) is 2.70. The molecule has 0 aliphatic heterocycles. The molecular weight excluding hydrogens is 307 g/mol. The molecule has 108 valence electrons. The summed E-state index contributed by atoms with van der Waals surface area (Å²) in [5, 5.41) is 11.9. The van der Waals surface area contributed by atoms with E-state index in [4.69, 9.17) is 16.7 Å². The van der Waals surface area contributed by atoms with Crippen molar-refractivity contribution in [3.8, 4) is 11.4 Å². The monoisotopic (exact) mass is 318 g/mol. The molecule has 2 rings (SSSR count). The Morgan fingerprint density at radius 2 is 2.00 bits per heavy atom. The van der Waals surface area contributed by atoms with Crippen LogP contribution in [0.25, 0.3) is 11.4 Å². The van der Waals surface area contributed by atoms with Crippen LogP contribution in [0.15, 0.2) is 23.4 Å². The second-order valence-corrected chi connectivity index (χ2v) is 6.28. The minimum absolute atomic E-state index is 0.0593. The molecule has 1 aromatic heterocycles. The maximum Gasteiger partial charge on any atom is 0.273 e. The van der Waals surface area contributed by atoms with Gasteiger partial charge in [0.25, 0.3) is 15.2 Å². The van der Waals surface area contributed by atoms with E-state index in [0.29, 0.717) is 0 Å². The van der Waals surface area contributed by atoms with E-state index in [1.165, 1.54) is 22.8 Å². The average Bonchev–Trinajstić information content (AvgIpc) is 2.77. The summed E-state index contributed by atoms with van der Waals surface area (Å²) in [6, 6.07) is 4.04. The number of hydrogen-bond acceptors (Lipinski definition) is 4. The van der Waals surface area contributed by atoms with Crippen molar-refractivity contribution in [3.63, 3.8) is 0 Å². The molecule has 1 aromatic carbocycles. The lowest BCUT2D eigenvalue weighted by molar-refractivity contribution is 0.523. The van der Waals surface area contributed by atoms with Crippen LogP contribution in [0.2, 0.25) is 5.02 Å². The van der Waals surface area contributed by atoms with Crippen LogP contribution < -0.4 is 5.14 Å². The number of nitrogens with zero attached hydrogens (tertiary/aromatic N) is 3. The summed E-state index contributed by atoms with van der Waals surface area (Å²) in [7, 11) is -4.05. The average molecular weight is 319 g/mol. The highest BCUT2D eigenvalue weighted by atomic mass is 35.5. The van der Waals surface area contributed by atoms with E-state index < -0.39 is 21.0 Å². The summed E-state index contributed by atoms with van der Waals surface area (Å²) in [5.41, 5.74) is 0.0635. The molecule has 0 saturated heterocycles. The minimum atomic E-state index is -4.05. The van der Waals surface area contributed by atoms with Crippen LogP contribution in [0.1, 0.15) is 19.9 Å². The van der Waals surface area contributed by atoms with Gasteiger partial charge in [-0.1, -0.05) is 17.7 Å². The largest absolute Gasteiger partial charge is 0.294 e. The van der Waals surface area contributed by atoms with Crippen LogP contribution in [0, 0.1) is 5.82 Å². The molecule has 0 saturated carbocycles. The summed E-state index contributed by atoms with van der Waals surface area (Å²) < 4.78 is 38.3. The standard InChI is InChI=1S/C11H12ClFN4O2S/c1-6(2)17-10(15-16-11(17)20(14,18)19)7-4-3-5-8(12)9(7)13/h3-6H,1-2H3,(H2,14,18,19). The molecule has 0 aliphatic carbocycles. The third-order valence-corrected chi connectivity index (χ3v) is 3.71. The molecular formula is C11H12ClFN4O2S. The van der Waals surface area contributed by atoms with E-state index in [1.54, 1.807) is 13.8 Å². The summed E-state index contributed by atoms with van der Waals surface area (Å²) in [6.07, 6.45) is 0. The molecule has 1 heterocycles. The predicted molar refractivity (Wildman–Crippen MR) is 72.2 cm³/mol. The van der Waals surface area contributed by atoms with Gasteiger partial charge in [-0.05, 0) is 26.0 Å². The van der Waals surface area contributed by atoms with Gasteiger partial charge in [-0.15, -0.1) is 10.2 Å². The van der Waals surface area contributed by atoms with Gasteiger partial charge < -0.3 is 0 Å². The zero-order valence-corrected chi connectivity index (χ0v) is 12.3. The predicted octanol–water partition coefficient (Wildman–Crippen LogP) is 1.97. The Bertz CT molecular complexity index is 758. The van der Waals surface area contributed by atoms with Crippen molar-refractivity contribution >= 4 is 21.6 Å².